The molecule has 1 aromatic heterocycles. The predicted octanol–water partition coefficient (Wildman–Crippen LogP) is 4.54. The number of hydrazone groups is 1. The van der Waals surface area contributed by atoms with Gasteiger partial charge in [-0.2, -0.15) is 5.10 Å². The number of nitrogens with zero attached hydrogens (tertiary/aromatic N) is 4. The highest BCUT2D eigenvalue weighted by Crippen LogP contribution is 2.33. The van der Waals surface area contributed by atoms with Crippen LogP contribution in [0.4, 0.5) is 11.4 Å². The summed E-state index contributed by atoms with van der Waals surface area (Å²) in [5.41, 5.74) is 3.81. The maximum absolute atomic E-state index is 5.58. The summed E-state index contributed by atoms with van der Waals surface area (Å²) in [5.74, 6) is 0.840. The minimum absolute atomic E-state index is 0.610. The highest BCUT2D eigenvalue weighted by molar-refractivity contribution is 9.10. The van der Waals surface area contributed by atoms with E-state index in [-0.39, 0.29) is 0 Å². The van der Waals surface area contributed by atoms with E-state index >= 15 is 0 Å². The van der Waals surface area contributed by atoms with E-state index in [2.05, 4.69) is 37.9 Å². The second kappa shape index (κ2) is 7.80. The van der Waals surface area contributed by atoms with Gasteiger partial charge in [-0.1, -0.05) is 30.3 Å². The van der Waals surface area contributed by atoms with Crippen LogP contribution in [0.3, 0.4) is 0 Å². The lowest BCUT2D eigenvalue weighted by Gasteiger charge is -2.36. The number of para-hydroxylation sites is 3. The molecule has 2 heterocycles. The van der Waals surface area contributed by atoms with E-state index < -0.39 is 0 Å². The molecule has 1 aliphatic heterocycles. The Morgan fingerprint density at radius 2 is 1.67 bits per heavy atom. The lowest BCUT2D eigenvalue weighted by molar-refractivity contribution is 0.414. The average Bonchev–Trinajstić information content (AvgIpc) is 2.74. The highest BCUT2D eigenvalue weighted by Gasteiger charge is 2.25. The highest BCUT2D eigenvalue weighted by atomic mass is 79.9. The van der Waals surface area contributed by atoms with Gasteiger partial charge in [-0.25, -0.2) is 5.01 Å². The fourth-order valence-corrected chi connectivity index (χ4v) is 3.60. The number of methoxy groups -OCH3 is 1. The van der Waals surface area contributed by atoms with E-state index in [1.165, 1.54) is 0 Å². The maximum atomic E-state index is 5.58. The average molecular weight is 423 g/mol. The van der Waals surface area contributed by atoms with Crippen LogP contribution in [-0.2, 0) is 0 Å². The molecular weight excluding hydrogens is 404 g/mol. The summed E-state index contributed by atoms with van der Waals surface area (Å²) in [6.07, 6.45) is 1.79. The van der Waals surface area contributed by atoms with E-state index in [0.717, 1.165) is 33.0 Å². The quantitative estimate of drug-likeness (QED) is 0.618. The largest absolute Gasteiger partial charge is 0.495 e. The van der Waals surface area contributed by atoms with Crippen molar-refractivity contribution in [3.05, 3.63) is 83.1 Å². The van der Waals surface area contributed by atoms with Crippen LogP contribution >= 0.6 is 15.9 Å². The van der Waals surface area contributed by atoms with Gasteiger partial charge in [0.1, 0.15) is 18.1 Å². The molecule has 0 unspecified atom stereocenters. The Bertz CT molecular complexity index is 961. The first kappa shape index (κ1) is 17.5. The van der Waals surface area contributed by atoms with Crippen LogP contribution in [0.5, 0.6) is 5.75 Å². The summed E-state index contributed by atoms with van der Waals surface area (Å²) >= 11 is 3.64. The van der Waals surface area contributed by atoms with Crippen molar-refractivity contribution in [2.24, 2.45) is 5.10 Å². The standard InChI is InChI=1S/C21H19BrN4O/c1-27-21-12-5-4-11-20(21)25-14-18(17-9-6-7-13-23-17)24-26(15-25)19-10-3-2-8-16(19)22/h2-13H,14-15H2,1H3. The third-order valence-electron chi connectivity index (χ3n) is 4.40. The zero-order chi connectivity index (χ0) is 18.6. The molecule has 136 valence electrons. The smallest absolute Gasteiger partial charge is 0.142 e. The van der Waals surface area contributed by atoms with Crippen molar-refractivity contribution in [2.45, 2.75) is 0 Å². The Hall–Kier alpha value is -2.86. The molecule has 4 rings (SSSR count). The van der Waals surface area contributed by atoms with Crippen molar-refractivity contribution in [2.75, 3.05) is 30.2 Å². The lowest BCUT2D eigenvalue weighted by atomic mass is 10.2. The van der Waals surface area contributed by atoms with Crippen LogP contribution in [0.15, 0.2) is 82.5 Å². The number of anilines is 2. The molecule has 3 aromatic rings. The molecule has 1 aliphatic rings. The van der Waals surface area contributed by atoms with Crippen LogP contribution in [0.25, 0.3) is 0 Å². The molecule has 0 saturated heterocycles. The Kier molecular flexibility index (Phi) is 5.07. The first-order valence-corrected chi connectivity index (χ1v) is 9.44. The van der Waals surface area contributed by atoms with Crippen molar-refractivity contribution in [1.29, 1.82) is 0 Å². The van der Waals surface area contributed by atoms with Gasteiger partial charge in [0.25, 0.3) is 0 Å². The maximum Gasteiger partial charge on any atom is 0.142 e. The number of ether oxygens (including phenoxy) is 1. The van der Waals surface area contributed by atoms with Gasteiger partial charge in [-0.15, -0.1) is 0 Å². The Morgan fingerprint density at radius 3 is 2.41 bits per heavy atom. The SMILES string of the molecule is COc1ccccc1N1CC(c2ccccn2)=NN(c2ccccc2Br)C1. The van der Waals surface area contributed by atoms with E-state index in [4.69, 9.17) is 9.84 Å². The Morgan fingerprint density at radius 1 is 0.926 bits per heavy atom. The fourth-order valence-electron chi connectivity index (χ4n) is 3.11. The van der Waals surface area contributed by atoms with Crippen molar-refractivity contribution in [3.63, 3.8) is 0 Å². The molecule has 0 N–H and O–H groups in total. The Labute approximate surface area is 167 Å². The van der Waals surface area contributed by atoms with Crippen molar-refractivity contribution >= 4 is 33.0 Å². The zero-order valence-corrected chi connectivity index (χ0v) is 16.5. The molecule has 0 atom stereocenters. The summed E-state index contributed by atoms with van der Waals surface area (Å²) < 4.78 is 6.58. The minimum atomic E-state index is 0.610. The number of aromatic nitrogens is 1. The van der Waals surface area contributed by atoms with E-state index in [0.29, 0.717) is 13.2 Å². The van der Waals surface area contributed by atoms with Crippen molar-refractivity contribution in [1.82, 2.24) is 4.98 Å². The predicted molar refractivity (Wildman–Crippen MR) is 113 cm³/mol. The second-order valence-corrected chi connectivity index (χ2v) is 6.98. The number of hydrogen-bond acceptors (Lipinski definition) is 5. The molecule has 0 fully saturated rings. The number of hydrogen-bond donors (Lipinski definition) is 0. The molecule has 0 bridgehead atoms. The number of benzene rings is 2. The molecule has 0 radical (unpaired) electrons. The van der Waals surface area contributed by atoms with Gasteiger partial charge in [0, 0.05) is 10.7 Å². The van der Waals surface area contributed by atoms with E-state index in [1.807, 2.05) is 59.6 Å². The molecule has 0 saturated carbocycles. The Balaban J connectivity index is 1.78. The van der Waals surface area contributed by atoms with Crippen molar-refractivity contribution < 1.29 is 4.74 Å². The topological polar surface area (TPSA) is 41.0 Å². The van der Waals surface area contributed by atoms with Crippen LogP contribution in [0.1, 0.15) is 5.69 Å². The fraction of sp³-hybridized carbons (Fsp3) is 0.143. The normalized spacial score (nSPS) is 14.1. The summed E-state index contributed by atoms with van der Waals surface area (Å²) in [6, 6.07) is 22.0. The van der Waals surface area contributed by atoms with Gasteiger partial charge in [0.2, 0.25) is 0 Å². The molecule has 0 amide bonds. The van der Waals surface area contributed by atoms with Gasteiger partial charge in [-0.3, -0.25) is 4.98 Å². The molecule has 27 heavy (non-hydrogen) atoms. The van der Waals surface area contributed by atoms with Gasteiger partial charge < -0.3 is 9.64 Å². The van der Waals surface area contributed by atoms with Gasteiger partial charge in [0.05, 0.1) is 30.7 Å². The molecule has 6 heteroatoms. The molecule has 5 nitrogen and oxygen atoms in total. The molecule has 2 aromatic carbocycles. The van der Waals surface area contributed by atoms with Crippen LogP contribution < -0.4 is 14.6 Å². The first-order valence-electron chi connectivity index (χ1n) is 8.65. The van der Waals surface area contributed by atoms with Crippen LogP contribution in [-0.4, -0.2) is 31.0 Å². The third kappa shape index (κ3) is 3.66. The molecule has 0 spiro atoms. The second-order valence-electron chi connectivity index (χ2n) is 6.12. The molecular formula is C21H19BrN4O. The summed E-state index contributed by atoms with van der Waals surface area (Å²) in [5, 5.41) is 6.88. The third-order valence-corrected chi connectivity index (χ3v) is 5.07. The minimum Gasteiger partial charge on any atom is -0.495 e. The summed E-state index contributed by atoms with van der Waals surface area (Å²) in [4.78, 5) is 6.74. The number of pyridine rings is 1. The van der Waals surface area contributed by atoms with Gasteiger partial charge in [-0.05, 0) is 52.3 Å². The van der Waals surface area contributed by atoms with Crippen molar-refractivity contribution in [3.8, 4) is 5.75 Å². The van der Waals surface area contributed by atoms with Gasteiger partial charge >= 0.3 is 0 Å². The summed E-state index contributed by atoms with van der Waals surface area (Å²) in [6.45, 7) is 1.26. The van der Waals surface area contributed by atoms with Crippen LogP contribution in [0, 0.1) is 0 Å². The van der Waals surface area contributed by atoms with E-state index in [9.17, 15) is 0 Å². The van der Waals surface area contributed by atoms with Gasteiger partial charge in [0.15, 0.2) is 0 Å². The zero-order valence-electron chi connectivity index (χ0n) is 14.9. The monoisotopic (exact) mass is 422 g/mol. The van der Waals surface area contributed by atoms with E-state index in [1.54, 1.807) is 13.3 Å². The number of rotatable bonds is 4. The lowest BCUT2D eigenvalue weighted by Crippen LogP contribution is -2.45. The summed E-state index contributed by atoms with van der Waals surface area (Å²) in [7, 11) is 1.70. The first-order chi connectivity index (χ1) is 13.3. The van der Waals surface area contributed by atoms with Crippen LogP contribution in [0.2, 0.25) is 0 Å². The number of halogens is 1. The molecule has 0 aliphatic carbocycles.